The van der Waals surface area contributed by atoms with Crippen molar-refractivity contribution in [3.05, 3.63) is 59.0 Å². The van der Waals surface area contributed by atoms with Crippen LogP contribution in [0.2, 0.25) is 0 Å². The number of carbonyl (C=O) groups is 1. The number of nitrogens with zero attached hydrogens (tertiary/aromatic N) is 4. The molecule has 1 fully saturated rings. The summed E-state index contributed by atoms with van der Waals surface area (Å²) >= 11 is 3.23. The molecule has 2 aromatic heterocycles. The summed E-state index contributed by atoms with van der Waals surface area (Å²) in [5.74, 6) is 1.85. The van der Waals surface area contributed by atoms with Gasteiger partial charge in [0.2, 0.25) is 0 Å². The maximum absolute atomic E-state index is 12.5. The number of carbonyl (C=O) groups excluding carboxylic acids is 1. The summed E-state index contributed by atoms with van der Waals surface area (Å²) in [4.78, 5) is 16.4. The molecule has 0 atom stereocenters. The van der Waals surface area contributed by atoms with Gasteiger partial charge >= 0.3 is 0 Å². The molecule has 1 aliphatic rings. The van der Waals surface area contributed by atoms with E-state index in [0.717, 1.165) is 22.8 Å². The SMILES string of the molecule is COc1cccc(-c2ccc(N3CCN(C(=O)c4ccc(Br)o4)CC3)nn2)c1. The van der Waals surface area contributed by atoms with Crippen molar-refractivity contribution in [3.8, 4) is 17.0 Å². The molecule has 7 nitrogen and oxygen atoms in total. The third-order valence-corrected chi connectivity index (χ3v) is 5.12. The highest BCUT2D eigenvalue weighted by atomic mass is 79.9. The Labute approximate surface area is 171 Å². The van der Waals surface area contributed by atoms with Crippen LogP contribution in [0, 0.1) is 0 Å². The maximum atomic E-state index is 12.5. The summed E-state index contributed by atoms with van der Waals surface area (Å²) in [6, 6.07) is 15.1. The van der Waals surface area contributed by atoms with E-state index in [1.54, 1.807) is 24.1 Å². The minimum atomic E-state index is -0.0928. The van der Waals surface area contributed by atoms with Crippen LogP contribution < -0.4 is 9.64 Å². The Morgan fingerprint density at radius 1 is 1.07 bits per heavy atom. The van der Waals surface area contributed by atoms with E-state index in [1.165, 1.54) is 0 Å². The van der Waals surface area contributed by atoms with E-state index in [-0.39, 0.29) is 5.91 Å². The highest BCUT2D eigenvalue weighted by molar-refractivity contribution is 9.10. The van der Waals surface area contributed by atoms with Crippen LogP contribution in [0.25, 0.3) is 11.3 Å². The number of furan rings is 1. The Kier molecular flexibility index (Phi) is 5.29. The summed E-state index contributed by atoms with van der Waals surface area (Å²) in [5, 5.41) is 8.73. The van der Waals surface area contributed by atoms with Gasteiger partial charge in [-0.25, -0.2) is 0 Å². The van der Waals surface area contributed by atoms with Crippen LogP contribution in [-0.2, 0) is 0 Å². The Morgan fingerprint density at radius 3 is 2.54 bits per heavy atom. The molecular weight excluding hydrogens is 424 g/mol. The average Bonchev–Trinajstić information content (AvgIpc) is 3.20. The molecule has 0 N–H and O–H groups in total. The summed E-state index contributed by atoms with van der Waals surface area (Å²) < 4.78 is 11.2. The second kappa shape index (κ2) is 8.02. The van der Waals surface area contributed by atoms with Crippen molar-refractivity contribution in [3.63, 3.8) is 0 Å². The minimum Gasteiger partial charge on any atom is -0.497 e. The highest BCUT2D eigenvalue weighted by Gasteiger charge is 2.25. The number of halogens is 1. The van der Waals surface area contributed by atoms with E-state index >= 15 is 0 Å². The van der Waals surface area contributed by atoms with E-state index < -0.39 is 0 Å². The first-order valence-electron chi connectivity index (χ1n) is 8.92. The van der Waals surface area contributed by atoms with Gasteiger partial charge in [0.25, 0.3) is 5.91 Å². The van der Waals surface area contributed by atoms with Gasteiger partial charge in [-0.1, -0.05) is 12.1 Å². The molecular formula is C20H19BrN4O3. The predicted molar refractivity (Wildman–Crippen MR) is 109 cm³/mol. The van der Waals surface area contributed by atoms with E-state index in [9.17, 15) is 4.79 Å². The lowest BCUT2D eigenvalue weighted by molar-refractivity contribution is 0.0713. The quantitative estimate of drug-likeness (QED) is 0.615. The zero-order valence-electron chi connectivity index (χ0n) is 15.3. The topological polar surface area (TPSA) is 71.7 Å². The van der Waals surface area contributed by atoms with E-state index in [1.807, 2.05) is 36.4 Å². The van der Waals surface area contributed by atoms with Crippen LogP contribution in [0.3, 0.4) is 0 Å². The maximum Gasteiger partial charge on any atom is 0.289 e. The summed E-state index contributed by atoms with van der Waals surface area (Å²) in [6.07, 6.45) is 0. The summed E-state index contributed by atoms with van der Waals surface area (Å²) in [5.41, 5.74) is 1.75. The number of hydrogen-bond acceptors (Lipinski definition) is 6. The van der Waals surface area contributed by atoms with E-state index in [0.29, 0.717) is 36.6 Å². The van der Waals surface area contributed by atoms with Crippen LogP contribution in [0.5, 0.6) is 5.75 Å². The first kappa shape index (κ1) is 18.5. The van der Waals surface area contributed by atoms with Gasteiger partial charge in [0, 0.05) is 31.7 Å². The van der Waals surface area contributed by atoms with Crippen molar-refractivity contribution in [1.82, 2.24) is 15.1 Å². The van der Waals surface area contributed by atoms with Crippen molar-refractivity contribution in [2.24, 2.45) is 0 Å². The van der Waals surface area contributed by atoms with Crippen molar-refractivity contribution in [1.29, 1.82) is 0 Å². The Balaban J connectivity index is 1.40. The summed E-state index contributed by atoms with van der Waals surface area (Å²) in [7, 11) is 1.64. The lowest BCUT2D eigenvalue weighted by Gasteiger charge is -2.34. The van der Waals surface area contributed by atoms with Crippen molar-refractivity contribution >= 4 is 27.7 Å². The van der Waals surface area contributed by atoms with Gasteiger partial charge in [-0.3, -0.25) is 4.79 Å². The molecule has 0 spiro atoms. The molecule has 0 aliphatic carbocycles. The van der Waals surface area contributed by atoms with E-state index in [4.69, 9.17) is 9.15 Å². The molecule has 4 rings (SSSR count). The molecule has 3 aromatic rings. The Morgan fingerprint density at radius 2 is 1.89 bits per heavy atom. The monoisotopic (exact) mass is 442 g/mol. The van der Waals surface area contributed by atoms with Crippen molar-refractivity contribution in [2.45, 2.75) is 0 Å². The molecule has 0 unspecified atom stereocenters. The first-order valence-corrected chi connectivity index (χ1v) is 9.71. The molecule has 0 bridgehead atoms. The normalized spacial score (nSPS) is 14.2. The van der Waals surface area contributed by atoms with Crippen LogP contribution in [0.1, 0.15) is 10.6 Å². The molecule has 8 heteroatoms. The highest BCUT2D eigenvalue weighted by Crippen LogP contribution is 2.23. The van der Waals surface area contributed by atoms with Gasteiger partial charge in [-0.05, 0) is 52.3 Å². The molecule has 0 radical (unpaired) electrons. The fourth-order valence-corrected chi connectivity index (χ4v) is 3.46. The van der Waals surface area contributed by atoms with E-state index in [2.05, 4.69) is 31.0 Å². The third-order valence-electron chi connectivity index (χ3n) is 4.69. The van der Waals surface area contributed by atoms with Gasteiger partial charge in [-0.15, -0.1) is 10.2 Å². The molecule has 0 saturated carbocycles. The smallest absolute Gasteiger partial charge is 0.289 e. The van der Waals surface area contributed by atoms with Crippen LogP contribution in [0.15, 0.2) is 57.6 Å². The standard InChI is InChI=1S/C20H19BrN4O3/c1-27-15-4-2-3-14(13-15)16-5-8-19(23-22-16)24-9-11-25(12-10-24)20(26)17-6-7-18(21)28-17/h2-8,13H,9-12H2,1H3. The van der Waals surface area contributed by atoms with Gasteiger partial charge in [-0.2, -0.15) is 0 Å². The number of benzene rings is 1. The van der Waals surface area contributed by atoms with Crippen LogP contribution in [-0.4, -0.2) is 54.3 Å². The lowest BCUT2D eigenvalue weighted by Crippen LogP contribution is -2.49. The second-order valence-corrected chi connectivity index (χ2v) is 7.17. The predicted octanol–water partition coefficient (Wildman–Crippen LogP) is 3.47. The number of aromatic nitrogens is 2. The van der Waals surface area contributed by atoms with Crippen LogP contribution in [0.4, 0.5) is 5.82 Å². The number of methoxy groups -OCH3 is 1. The average molecular weight is 443 g/mol. The molecule has 28 heavy (non-hydrogen) atoms. The Hall–Kier alpha value is -2.87. The fraction of sp³-hybridized carbons (Fsp3) is 0.250. The molecule has 144 valence electrons. The zero-order valence-corrected chi connectivity index (χ0v) is 16.9. The third kappa shape index (κ3) is 3.87. The number of ether oxygens (including phenoxy) is 1. The fourth-order valence-electron chi connectivity index (χ4n) is 3.15. The zero-order chi connectivity index (χ0) is 19.5. The minimum absolute atomic E-state index is 0.0928. The first-order chi connectivity index (χ1) is 13.6. The molecule has 3 heterocycles. The number of amides is 1. The van der Waals surface area contributed by atoms with Gasteiger partial charge in [0.1, 0.15) is 5.75 Å². The van der Waals surface area contributed by atoms with Crippen LogP contribution >= 0.6 is 15.9 Å². The van der Waals surface area contributed by atoms with Gasteiger partial charge in [0.05, 0.1) is 12.8 Å². The number of hydrogen-bond donors (Lipinski definition) is 0. The van der Waals surface area contributed by atoms with Crippen molar-refractivity contribution < 1.29 is 13.9 Å². The molecule has 1 aromatic carbocycles. The van der Waals surface area contributed by atoms with Gasteiger partial charge < -0.3 is 19.0 Å². The van der Waals surface area contributed by atoms with Crippen molar-refractivity contribution in [2.75, 3.05) is 38.2 Å². The number of piperazine rings is 1. The molecule has 1 amide bonds. The Bertz CT molecular complexity index is 966. The summed E-state index contributed by atoms with van der Waals surface area (Å²) in [6.45, 7) is 2.61. The second-order valence-electron chi connectivity index (χ2n) is 6.39. The lowest BCUT2D eigenvalue weighted by atomic mass is 10.1. The largest absolute Gasteiger partial charge is 0.497 e. The van der Waals surface area contributed by atoms with Gasteiger partial charge in [0.15, 0.2) is 16.2 Å². The number of rotatable bonds is 4. The molecule has 1 saturated heterocycles. The number of anilines is 1. The molecule has 1 aliphatic heterocycles.